The fourth-order valence-electron chi connectivity index (χ4n) is 1.97. The van der Waals surface area contributed by atoms with Gasteiger partial charge in [-0.1, -0.05) is 34.1 Å². The lowest BCUT2D eigenvalue weighted by molar-refractivity contribution is 0.0805. The Morgan fingerprint density at radius 3 is 2.67 bits per heavy atom. The Morgan fingerprint density at radius 2 is 2.00 bits per heavy atom. The lowest BCUT2D eigenvalue weighted by Crippen LogP contribution is -2.14. The molecule has 0 saturated carbocycles. The molecular weight excluding hydrogens is 264 g/mol. The van der Waals surface area contributed by atoms with Crippen molar-refractivity contribution in [3.05, 3.63) is 23.4 Å². The van der Waals surface area contributed by atoms with Gasteiger partial charge in [0, 0.05) is 24.9 Å². The molecule has 1 aromatic heterocycles. The first kappa shape index (κ1) is 17.9. The van der Waals surface area contributed by atoms with E-state index in [0.717, 1.165) is 38.2 Å². The largest absolute Gasteiger partial charge is 0.475 e. The highest BCUT2D eigenvalue weighted by Crippen LogP contribution is 2.14. The van der Waals surface area contributed by atoms with Crippen molar-refractivity contribution in [3.8, 4) is 5.88 Å². The third-order valence-corrected chi connectivity index (χ3v) is 2.93. The maximum absolute atomic E-state index is 5.73. The monoisotopic (exact) mass is 294 g/mol. The van der Waals surface area contributed by atoms with Gasteiger partial charge in [-0.25, -0.2) is 4.98 Å². The van der Waals surface area contributed by atoms with Gasteiger partial charge >= 0.3 is 0 Å². The SMILES string of the molecule is CCCc1cc(CNCC)cc(OCCOCC(C)C)n1. The van der Waals surface area contributed by atoms with E-state index in [-0.39, 0.29) is 0 Å². The van der Waals surface area contributed by atoms with Gasteiger partial charge in [0.1, 0.15) is 6.61 Å². The summed E-state index contributed by atoms with van der Waals surface area (Å²) in [4.78, 5) is 4.56. The number of hydrogen-bond acceptors (Lipinski definition) is 4. The van der Waals surface area contributed by atoms with Crippen molar-refractivity contribution in [2.75, 3.05) is 26.4 Å². The van der Waals surface area contributed by atoms with Gasteiger partial charge in [-0.15, -0.1) is 0 Å². The summed E-state index contributed by atoms with van der Waals surface area (Å²) < 4.78 is 11.3. The van der Waals surface area contributed by atoms with Crippen LogP contribution in [0.5, 0.6) is 5.88 Å². The predicted octanol–water partition coefficient (Wildman–Crippen LogP) is 3.20. The van der Waals surface area contributed by atoms with Crippen LogP contribution in [0.15, 0.2) is 12.1 Å². The average Bonchev–Trinajstić information content (AvgIpc) is 2.44. The van der Waals surface area contributed by atoms with Crippen LogP contribution in [0.4, 0.5) is 0 Å². The predicted molar refractivity (Wildman–Crippen MR) is 86.8 cm³/mol. The van der Waals surface area contributed by atoms with E-state index in [0.29, 0.717) is 25.0 Å². The molecule has 120 valence electrons. The van der Waals surface area contributed by atoms with Crippen LogP contribution < -0.4 is 10.1 Å². The van der Waals surface area contributed by atoms with Crippen molar-refractivity contribution < 1.29 is 9.47 Å². The van der Waals surface area contributed by atoms with E-state index in [2.05, 4.69) is 44.1 Å². The van der Waals surface area contributed by atoms with Gasteiger partial charge < -0.3 is 14.8 Å². The van der Waals surface area contributed by atoms with Gasteiger partial charge in [0.05, 0.1) is 6.61 Å². The first-order valence-corrected chi connectivity index (χ1v) is 8.06. The van der Waals surface area contributed by atoms with E-state index in [4.69, 9.17) is 9.47 Å². The Balaban J connectivity index is 2.52. The zero-order valence-corrected chi connectivity index (χ0v) is 13.9. The first-order chi connectivity index (χ1) is 10.2. The van der Waals surface area contributed by atoms with E-state index in [1.807, 2.05) is 6.07 Å². The minimum Gasteiger partial charge on any atom is -0.475 e. The molecule has 0 saturated heterocycles. The fraction of sp³-hybridized carbons (Fsp3) is 0.706. The van der Waals surface area contributed by atoms with E-state index in [1.54, 1.807) is 0 Å². The number of nitrogens with one attached hydrogen (secondary N) is 1. The van der Waals surface area contributed by atoms with Gasteiger partial charge in [-0.2, -0.15) is 0 Å². The molecule has 0 unspecified atom stereocenters. The maximum Gasteiger partial charge on any atom is 0.213 e. The Kier molecular flexibility index (Phi) is 9.02. The molecule has 4 heteroatoms. The molecule has 1 heterocycles. The molecule has 0 aliphatic rings. The van der Waals surface area contributed by atoms with Gasteiger partial charge in [0.25, 0.3) is 0 Å². The number of ether oxygens (including phenoxy) is 2. The van der Waals surface area contributed by atoms with Gasteiger partial charge in [-0.3, -0.25) is 0 Å². The highest BCUT2D eigenvalue weighted by molar-refractivity contribution is 5.25. The van der Waals surface area contributed by atoms with Crippen molar-refractivity contribution in [3.63, 3.8) is 0 Å². The summed E-state index contributed by atoms with van der Waals surface area (Å²) in [6.45, 7) is 12.3. The molecule has 0 aromatic carbocycles. The second-order valence-corrected chi connectivity index (χ2v) is 5.65. The molecule has 0 fully saturated rings. The van der Waals surface area contributed by atoms with Crippen LogP contribution in [0.2, 0.25) is 0 Å². The Bertz CT molecular complexity index is 394. The number of pyridine rings is 1. The summed E-state index contributed by atoms with van der Waals surface area (Å²) in [6.07, 6.45) is 2.08. The maximum atomic E-state index is 5.73. The Labute approximate surface area is 129 Å². The van der Waals surface area contributed by atoms with Gasteiger partial charge in [0.2, 0.25) is 5.88 Å². The summed E-state index contributed by atoms with van der Waals surface area (Å²) in [5, 5.41) is 3.34. The molecule has 0 radical (unpaired) electrons. The van der Waals surface area contributed by atoms with Crippen LogP contribution in [0.1, 0.15) is 45.4 Å². The quantitative estimate of drug-likeness (QED) is 0.637. The van der Waals surface area contributed by atoms with E-state index in [9.17, 15) is 0 Å². The molecule has 4 nitrogen and oxygen atoms in total. The number of aryl methyl sites for hydroxylation is 1. The zero-order valence-electron chi connectivity index (χ0n) is 13.9. The molecule has 0 atom stereocenters. The number of hydrogen-bond donors (Lipinski definition) is 1. The van der Waals surface area contributed by atoms with Crippen molar-refractivity contribution in [1.82, 2.24) is 10.3 Å². The highest BCUT2D eigenvalue weighted by Gasteiger charge is 2.04. The van der Waals surface area contributed by atoms with Gasteiger partial charge in [0.15, 0.2) is 0 Å². The van der Waals surface area contributed by atoms with Crippen LogP contribution in [0, 0.1) is 5.92 Å². The number of rotatable bonds is 11. The molecule has 1 aromatic rings. The second kappa shape index (κ2) is 10.6. The molecule has 0 spiro atoms. The molecule has 0 aliphatic heterocycles. The number of aromatic nitrogens is 1. The lowest BCUT2D eigenvalue weighted by atomic mass is 10.1. The van der Waals surface area contributed by atoms with Crippen LogP contribution in [-0.4, -0.2) is 31.3 Å². The van der Waals surface area contributed by atoms with Crippen LogP contribution in [0.3, 0.4) is 0 Å². The van der Waals surface area contributed by atoms with Crippen LogP contribution >= 0.6 is 0 Å². The minimum atomic E-state index is 0.552. The summed E-state index contributed by atoms with van der Waals surface area (Å²) in [5.41, 5.74) is 2.33. The molecule has 0 bridgehead atoms. The summed E-state index contributed by atoms with van der Waals surface area (Å²) in [5.74, 6) is 1.27. The van der Waals surface area contributed by atoms with Crippen molar-refractivity contribution in [1.29, 1.82) is 0 Å². The minimum absolute atomic E-state index is 0.552. The smallest absolute Gasteiger partial charge is 0.213 e. The highest BCUT2D eigenvalue weighted by atomic mass is 16.5. The van der Waals surface area contributed by atoms with E-state index >= 15 is 0 Å². The van der Waals surface area contributed by atoms with Crippen LogP contribution in [-0.2, 0) is 17.7 Å². The average molecular weight is 294 g/mol. The topological polar surface area (TPSA) is 43.4 Å². The molecule has 0 amide bonds. The van der Waals surface area contributed by atoms with Crippen molar-refractivity contribution >= 4 is 0 Å². The van der Waals surface area contributed by atoms with Gasteiger partial charge in [-0.05, 0) is 30.5 Å². The fourth-order valence-corrected chi connectivity index (χ4v) is 1.97. The normalized spacial score (nSPS) is 11.1. The molecule has 0 aliphatic carbocycles. The van der Waals surface area contributed by atoms with Crippen molar-refractivity contribution in [2.45, 2.75) is 47.1 Å². The zero-order chi connectivity index (χ0) is 15.5. The Morgan fingerprint density at radius 1 is 1.19 bits per heavy atom. The van der Waals surface area contributed by atoms with Crippen molar-refractivity contribution in [2.24, 2.45) is 5.92 Å². The third-order valence-electron chi connectivity index (χ3n) is 2.93. The molecule has 1 rings (SSSR count). The number of nitrogens with zero attached hydrogens (tertiary/aromatic N) is 1. The Hall–Kier alpha value is -1.13. The molecular formula is C17H30N2O2. The van der Waals surface area contributed by atoms with Crippen LogP contribution in [0.25, 0.3) is 0 Å². The second-order valence-electron chi connectivity index (χ2n) is 5.65. The van der Waals surface area contributed by atoms with E-state index < -0.39 is 0 Å². The first-order valence-electron chi connectivity index (χ1n) is 8.06. The molecule has 1 N–H and O–H groups in total. The standard InChI is InChI=1S/C17H30N2O2/c1-5-7-16-10-15(12-18-6-2)11-17(19-16)21-9-8-20-13-14(3)4/h10-11,14,18H,5-9,12-13H2,1-4H3. The molecule has 21 heavy (non-hydrogen) atoms. The summed E-state index contributed by atoms with van der Waals surface area (Å²) in [7, 11) is 0. The third kappa shape index (κ3) is 8.02. The summed E-state index contributed by atoms with van der Waals surface area (Å²) in [6, 6.07) is 4.18. The summed E-state index contributed by atoms with van der Waals surface area (Å²) >= 11 is 0. The lowest BCUT2D eigenvalue weighted by Gasteiger charge is -2.11. The van der Waals surface area contributed by atoms with E-state index in [1.165, 1.54) is 5.56 Å².